The number of halogens is 2. The molecule has 7 heteroatoms. The van der Waals surface area contributed by atoms with Crippen LogP contribution in [-0.2, 0) is 10.0 Å². The van der Waals surface area contributed by atoms with Crippen molar-refractivity contribution in [3.63, 3.8) is 0 Å². The second kappa shape index (κ2) is 10.2. The Hall–Kier alpha value is -1.55. The SMILES string of the molecule is C=C(CN(CC#Cc1ccc(Cl)c(Cl)c1)S(=O)(=O)c1ccc(C)cc1)C[Si](C)(C)C. The number of benzene rings is 2. The molecule has 2 rings (SSSR count). The van der Waals surface area contributed by atoms with Gasteiger partial charge in [0.1, 0.15) is 0 Å². The van der Waals surface area contributed by atoms with Crippen LogP contribution in [0, 0.1) is 18.8 Å². The van der Waals surface area contributed by atoms with Gasteiger partial charge in [-0.15, -0.1) is 0 Å². The molecule has 2 aromatic rings. The quantitative estimate of drug-likeness (QED) is 0.267. The Morgan fingerprint density at radius 3 is 2.27 bits per heavy atom. The molecule has 3 nitrogen and oxygen atoms in total. The van der Waals surface area contributed by atoms with E-state index < -0.39 is 18.1 Å². The molecule has 2 aromatic carbocycles. The molecule has 0 amide bonds. The van der Waals surface area contributed by atoms with Gasteiger partial charge in [-0.25, -0.2) is 8.42 Å². The molecule has 0 saturated carbocycles. The summed E-state index contributed by atoms with van der Waals surface area (Å²) in [6.07, 6.45) is 0. The highest BCUT2D eigenvalue weighted by Gasteiger charge is 2.25. The Balaban J connectivity index is 2.31. The van der Waals surface area contributed by atoms with Crippen LogP contribution in [-0.4, -0.2) is 33.9 Å². The minimum absolute atomic E-state index is 0.0567. The lowest BCUT2D eigenvalue weighted by atomic mass is 10.2. The zero-order valence-corrected chi connectivity index (χ0v) is 21.1. The van der Waals surface area contributed by atoms with E-state index in [4.69, 9.17) is 23.2 Å². The van der Waals surface area contributed by atoms with Crippen LogP contribution in [0.5, 0.6) is 0 Å². The lowest BCUT2D eigenvalue weighted by molar-refractivity contribution is 0.471. The minimum Gasteiger partial charge on any atom is -0.207 e. The summed E-state index contributed by atoms with van der Waals surface area (Å²) >= 11 is 12.0. The normalized spacial score (nSPS) is 11.8. The summed E-state index contributed by atoms with van der Waals surface area (Å²) in [5.74, 6) is 5.95. The van der Waals surface area contributed by atoms with Crippen LogP contribution in [0.4, 0.5) is 0 Å². The van der Waals surface area contributed by atoms with Crippen LogP contribution in [0.1, 0.15) is 11.1 Å². The molecule has 160 valence electrons. The predicted molar refractivity (Wildman–Crippen MR) is 131 cm³/mol. The van der Waals surface area contributed by atoms with Crippen molar-refractivity contribution >= 4 is 41.3 Å². The smallest absolute Gasteiger partial charge is 0.207 e. The lowest BCUT2D eigenvalue weighted by Crippen LogP contribution is -2.34. The first-order valence-electron chi connectivity index (χ1n) is 9.56. The number of sulfonamides is 1. The summed E-state index contributed by atoms with van der Waals surface area (Å²) in [5, 5.41) is 0.865. The maximum atomic E-state index is 13.3. The summed E-state index contributed by atoms with van der Waals surface area (Å²) in [6.45, 7) is 13.1. The first-order valence-corrected chi connectivity index (χ1v) is 15.5. The molecule has 0 fully saturated rings. The van der Waals surface area contributed by atoms with Gasteiger partial charge in [-0.1, -0.05) is 84.5 Å². The van der Waals surface area contributed by atoms with Gasteiger partial charge in [-0.3, -0.25) is 0 Å². The Kier molecular flexibility index (Phi) is 8.38. The van der Waals surface area contributed by atoms with Gasteiger partial charge < -0.3 is 0 Å². The zero-order valence-electron chi connectivity index (χ0n) is 17.8. The monoisotopic (exact) mass is 479 g/mol. The Labute approximate surface area is 191 Å². The predicted octanol–water partition coefficient (Wildman–Crippen LogP) is 6.24. The van der Waals surface area contributed by atoms with Crippen molar-refractivity contribution in [1.82, 2.24) is 4.31 Å². The second-order valence-corrected chi connectivity index (χ2v) is 16.7. The van der Waals surface area contributed by atoms with E-state index in [-0.39, 0.29) is 18.0 Å². The standard InChI is InChI=1S/C23H27Cl2NO2SSi/c1-18-8-11-21(12-9-18)29(27,28)26(16-19(2)17-30(3,4)5)14-6-7-20-10-13-22(24)23(25)15-20/h8-13,15H,2,14,16-17H2,1,3-5H3. The zero-order chi connectivity index (χ0) is 22.5. The Bertz CT molecular complexity index is 1080. The molecule has 0 unspecified atom stereocenters. The summed E-state index contributed by atoms with van der Waals surface area (Å²) in [7, 11) is -5.11. The fraction of sp³-hybridized carbons (Fsp3) is 0.304. The molecule has 0 atom stereocenters. The van der Waals surface area contributed by atoms with Crippen molar-refractivity contribution in [2.45, 2.75) is 37.5 Å². The molecule has 0 aromatic heterocycles. The van der Waals surface area contributed by atoms with E-state index in [1.165, 1.54) is 4.31 Å². The maximum Gasteiger partial charge on any atom is 0.244 e. The number of aryl methyl sites for hydroxylation is 1. The van der Waals surface area contributed by atoms with Crippen LogP contribution >= 0.6 is 23.2 Å². The van der Waals surface area contributed by atoms with E-state index in [1.807, 2.05) is 6.92 Å². The molecule has 0 aliphatic heterocycles. The fourth-order valence-corrected chi connectivity index (χ4v) is 6.22. The van der Waals surface area contributed by atoms with Crippen molar-refractivity contribution in [2.75, 3.05) is 13.1 Å². The van der Waals surface area contributed by atoms with Gasteiger partial charge in [0.2, 0.25) is 10.0 Å². The van der Waals surface area contributed by atoms with E-state index in [0.29, 0.717) is 15.6 Å². The maximum absolute atomic E-state index is 13.3. The topological polar surface area (TPSA) is 37.4 Å². The van der Waals surface area contributed by atoms with Gasteiger partial charge in [0.05, 0.1) is 21.5 Å². The van der Waals surface area contributed by atoms with Crippen LogP contribution < -0.4 is 0 Å². The van der Waals surface area contributed by atoms with Crippen LogP contribution in [0.3, 0.4) is 0 Å². The molecule has 0 aliphatic carbocycles. The van der Waals surface area contributed by atoms with Gasteiger partial charge in [-0.05, 0) is 43.3 Å². The minimum atomic E-state index is -3.70. The highest BCUT2D eigenvalue weighted by Crippen LogP contribution is 2.23. The largest absolute Gasteiger partial charge is 0.244 e. The first kappa shape index (κ1) is 24.7. The summed E-state index contributed by atoms with van der Waals surface area (Å²) in [5.41, 5.74) is 2.59. The Morgan fingerprint density at radius 2 is 1.70 bits per heavy atom. The molecule has 0 saturated heterocycles. The van der Waals surface area contributed by atoms with Crippen LogP contribution in [0.15, 0.2) is 59.5 Å². The van der Waals surface area contributed by atoms with Crippen LogP contribution in [0.25, 0.3) is 0 Å². The molecular formula is C23H27Cl2NO2SSi. The number of rotatable bonds is 7. The van der Waals surface area contributed by atoms with E-state index in [0.717, 1.165) is 17.2 Å². The first-order chi connectivity index (χ1) is 13.9. The van der Waals surface area contributed by atoms with Crippen molar-refractivity contribution in [1.29, 1.82) is 0 Å². The van der Waals surface area contributed by atoms with Crippen molar-refractivity contribution in [3.05, 3.63) is 75.8 Å². The molecule has 0 spiro atoms. The molecule has 0 heterocycles. The molecule has 0 bridgehead atoms. The third-order valence-corrected chi connectivity index (χ3v) is 8.35. The summed E-state index contributed by atoms with van der Waals surface area (Å²) in [6, 6.07) is 12.8. The molecule has 0 N–H and O–H groups in total. The highest BCUT2D eigenvalue weighted by atomic mass is 35.5. The number of nitrogens with zero attached hydrogens (tertiary/aromatic N) is 1. The van der Waals surface area contributed by atoms with E-state index in [2.05, 4.69) is 38.1 Å². The molecule has 0 aliphatic rings. The van der Waals surface area contributed by atoms with E-state index >= 15 is 0 Å². The highest BCUT2D eigenvalue weighted by molar-refractivity contribution is 7.89. The summed E-state index contributed by atoms with van der Waals surface area (Å²) < 4.78 is 27.9. The third kappa shape index (κ3) is 7.30. The number of hydrogen-bond acceptors (Lipinski definition) is 2. The average Bonchev–Trinajstić information content (AvgIpc) is 2.62. The Morgan fingerprint density at radius 1 is 1.07 bits per heavy atom. The lowest BCUT2D eigenvalue weighted by Gasteiger charge is -2.24. The van der Waals surface area contributed by atoms with Crippen molar-refractivity contribution in [3.8, 4) is 11.8 Å². The van der Waals surface area contributed by atoms with Crippen molar-refractivity contribution in [2.24, 2.45) is 0 Å². The summed E-state index contributed by atoms with van der Waals surface area (Å²) in [4.78, 5) is 0.255. The van der Waals surface area contributed by atoms with Gasteiger partial charge in [0.15, 0.2) is 0 Å². The second-order valence-electron chi connectivity index (χ2n) is 8.50. The molecule has 30 heavy (non-hydrogen) atoms. The van der Waals surface area contributed by atoms with E-state index in [1.54, 1.807) is 42.5 Å². The number of hydrogen-bond donors (Lipinski definition) is 0. The molecule has 0 radical (unpaired) electrons. The van der Waals surface area contributed by atoms with Gasteiger partial charge in [0.25, 0.3) is 0 Å². The third-order valence-electron chi connectivity index (χ3n) is 4.25. The van der Waals surface area contributed by atoms with Gasteiger partial charge >= 0.3 is 0 Å². The van der Waals surface area contributed by atoms with E-state index in [9.17, 15) is 8.42 Å². The van der Waals surface area contributed by atoms with Gasteiger partial charge in [0, 0.05) is 20.2 Å². The van der Waals surface area contributed by atoms with Gasteiger partial charge in [-0.2, -0.15) is 4.31 Å². The fourth-order valence-electron chi connectivity index (χ4n) is 2.94. The van der Waals surface area contributed by atoms with Crippen LogP contribution in [0.2, 0.25) is 35.7 Å². The molecular weight excluding hydrogens is 453 g/mol. The average molecular weight is 481 g/mol. The van der Waals surface area contributed by atoms with Crippen molar-refractivity contribution < 1.29 is 8.42 Å².